The maximum atomic E-state index is 4.64. The standard InChI is InChI=1S/C15H18BrN3/c1-19-7-6-17-10-13(19)9-12-8-11-4-2-3-5-14(11)18-15(12)16/h2-5,8,13,17H,6-7,9-10H2,1H3. The van der Waals surface area contributed by atoms with Crippen molar-refractivity contribution in [1.82, 2.24) is 15.2 Å². The smallest absolute Gasteiger partial charge is 0.110 e. The molecule has 1 atom stereocenters. The fraction of sp³-hybridized carbons (Fsp3) is 0.400. The van der Waals surface area contributed by atoms with Crippen LogP contribution in [0.3, 0.4) is 0 Å². The van der Waals surface area contributed by atoms with E-state index in [0.717, 1.165) is 36.2 Å². The molecule has 0 aliphatic carbocycles. The summed E-state index contributed by atoms with van der Waals surface area (Å²) in [6, 6.07) is 11.1. The summed E-state index contributed by atoms with van der Waals surface area (Å²) in [5, 5.41) is 4.68. The molecule has 1 unspecified atom stereocenters. The lowest BCUT2D eigenvalue weighted by molar-refractivity contribution is 0.199. The van der Waals surface area contributed by atoms with Crippen molar-refractivity contribution in [2.75, 3.05) is 26.7 Å². The number of likely N-dealkylation sites (N-methyl/N-ethyl adjacent to an activating group) is 1. The molecule has 0 spiro atoms. The van der Waals surface area contributed by atoms with Crippen LogP contribution in [0.25, 0.3) is 10.9 Å². The van der Waals surface area contributed by atoms with Gasteiger partial charge in [-0.15, -0.1) is 0 Å². The molecule has 1 aliphatic heterocycles. The molecule has 0 radical (unpaired) electrons. The average Bonchev–Trinajstić information content (AvgIpc) is 2.42. The van der Waals surface area contributed by atoms with Crippen molar-refractivity contribution in [2.45, 2.75) is 12.5 Å². The summed E-state index contributed by atoms with van der Waals surface area (Å²) in [5.41, 5.74) is 2.34. The van der Waals surface area contributed by atoms with Crippen molar-refractivity contribution < 1.29 is 0 Å². The van der Waals surface area contributed by atoms with E-state index in [0.29, 0.717) is 6.04 Å². The first-order chi connectivity index (χ1) is 9.24. The van der Waals surface area contributed by atoms with Crippen molar-refractivity contribution in [3.8, 4) is 0 Å². The topological polar surface area (TPSA) is 28.2 Å². The third-order valence-electron chi connectivity index (χ3n) is 3.85. The number of benzene rings is 1. The van der Waals surface area contributed by atoms with E-state index in [-0.39, 0.29) is 0 Å². The maximum Gasteiger partial charge on any atom is 0.110 e. The molecule has 1 aromatic heterocycles. The Hall–Kier alpha value is -0.970. The van der Waals surface area contributed by atoms with Crippen LogP contribution in [-0.2, 0) is 6.42 Å². The van der Waals surface area contributed by atoms with Gasteiger partial charge in [-0.2, -0.15) is 0 Å². The van der Waals surface area contributed by atoms with Gasteiger partial charge in [-0.25, -0.2) is 4.98 Å². The Morgan fingerprint density at radius 3 is 3.11 bits per heavy atom. The van der Waals surface area contributed by atoms with Crippen LogP contribution in [0, 0.1) is 0 Å². The highest BCUT2D eigenvalue weighted by Gasteiger charge is 2.20. The molecule has 100 valence electrons. The number of aromatic nitrogens is 1. The lowest BCUT2D eigenvalue weighted by Gasteiger charge is -2.33. The molecule has 1 aromatic carbocycles. The average molecular weight is 320 g/mol. The van der Waals surface area contributed by atoms with Crippen LogP contribution in [-0.4, -0.2) is 42.6 Å². The summed E-state index contributed by atoms with van der Waals surface area (Å²) in [5.74, 6) is 0. The van der Waals surface area contributed by atoms with Crippen LogP contribution in [0.15, 0.2) is 34.9 Å². The van der Waals surface area contributed by atoms with E-state index >= 15 is 0 Å². The third-order valence-corrected chi connectivity index (χ3v) is 4.54. The second kappa shape index (κ2) is 5.57. The Morgan fingerprint density at radius 2 is 2.26 bits per heavy atom. The normalized spacial score (nSPS) is 20.8. The molecule has 4 heteroatoms. The summed E-state index contributed by atoms with van der Waals surface area (Å²) in [4.78, 5) is 7.07. The first-order valence-corrected chi connectivity index (χ1v) is 7.48. The Balaban J connectivity index is 1.89. The number of para-hydroxylation sites is 1. The van der Waals surface area contributed by atoms with Crippen LogP contribution in [0.2, 0.25) is 0 Å². The quantitative estimate of drug-likeness (QED) is 0.862. The summed E-state index contributed by atoms with van der Waals surface area (Å²) in [6.07, 6.45) is 1.03. The number of rotatable bonds is 2. The van der Waals surface area contributed by atoms with Gasteiger partial charge < -0.3 is 10.2 Å². The summed E-state index contributed by atoms with van der Waals surface area (Å²) in [6.45, 7) is 3.25. The summed E-state index contributed by atoms with van der Waals surface area (Å²) < 4.78 is 0.977. The van der Waals surface area contributed by atoms with Gasteiger partial charge in [0.15, 0.2) is 0 Å². The highest BCUT2D eigenvalue weighted by Crippen LogP contribution is 2.23. The van der Waals surface area contributed by atoms with E-state index in [2.05, 4.69) is 62.4 Å². The van der Waals surface area contributed by atoms with E-state index in [4.69, 9.17) is 0 Å². The van der Waals surface area contributed by atoms with E-state index in [1.54, 1.807) is 0 Å². The fourth-order valence-corrected chi connectivity index (χ4v) is 3.09. The van der Waals surface area contributed by atoms with Gasteiger partial charge in [0.25, 0.3) is 0 Å². The van der Waals surface area contributed by atoms with Crippen LogP contribution in [0.1, 0.15) is 5.56 Å². The molecule has 1 saturated heterocycles. The van der Waals surface area contributed by atoms with Crippen molar-refractivity contribution in [1.29, 1.82) is 0 Å². The highest BCUT2D eigenvalue weighted by atomic mass is 79.9. The van der Waals surface area contributed by atoms with Gasteiger partial charge in [0.05, 0.1) is 5.52 Å². The molecule has 0 amide bonds. The van der Waals surface area contributed by atoms with Crippen molar-refractivity contribution in [3.05, 3.63) is 40.5 Å². The molecule has 1 aliphatic rings. The number of nitrogens with zero attached hydrogens (tertiary/aromatic N) is 2. The van der Waals surface area contributed by atoms with E-state index < -0.39 is 0 Å². The molecule has 3 rings (SSSR count). The molecule has 3 nitrogen and oxygen atoms in total. The maximum absolute atomic E-state index is 4.64. The fourth-order valence-electron chi connectivity index (χ4n) is 2.62. The molecule has 2 heterocycles. The largest absolute Gasteiger partial charge is 0.314 e. The van der Waals surface area contributed by atoms with E-state index in [9.17, 15) is 0 Å². The Kier molecular flexibility index (Phi) is 3.82. The number of hydrogen-bond acceptors (Lipinski definition) is 3. The summed E-state index contributed by atoms with van der Waals surface area (Å²) >= 11 is 3.61. The monoisotopic (exact) mass is 319 g/mol. The van der Waals surface area contributed by atoms with Gasteiger partial charge >= 0.3 is 0 Å². The molecule has 19 heavy (non-hydrogen) atoms. The van der Waals surface area contributed by atoms with Crippen molar-refractivity contribution >= 4 is 26.8 Å². The molecule has 1 fully saturated rings. The highest BCUT2D eigenvalue weighted by molar-refractivity contribution is 9.10. The zero-order chi connectivity index (χ0) is 13.2. The molecule has 0 bridgehead atoms. The third kappa shape index (κ3) is 2.81. The van der Waals surface area contributed by atoms with Gasteiger partial charge in [-0.3, -0.25) is 0 Å². The number of halogens is 1. The van der Waals surface area contributed by atoms with Gasteiger partial charge in [-0.05, 0) is 47.1 Å². The molecular formula is C15H18BrN3. The van der Waals surface area contributed by atoms with E-state index in [1.807, 2.05) is 6.07 Å². The van der Waals surface area contributed by atoms with Gasteiger partial charge in [0.2, 0.25) is 0 Å². The molecule has 2 aromatic rings. The SMILES string of the molecule is CN1CCNCC1Cc1cc2ccccc2nc1Br. The minimum absolute atomic E-state index is 0.549. The Morgan fingerprint density at radius 1 is 1.42 bits per heavy atom. The minimum atomic E-state index is 0.549. The number of fused-ring (bicyclic) bond motifs is 1. The Bertz CT molecular complexity index is 585. The second-order valence-corrected chi connectivity index (χ2v) is 5.92. The molecule has 1 N–H and O–H groups in total. The van der Waals surface area contributed by atoms with Crippen LogP contribution < -0.4 is 5.32 Å². The number of hydrogen-bond donors (Lipinski definition) is 1. The zero-order valence-electron chi connectivity index (χ0n) is 11.1. The van der Waals surface area contributed by atoms with Crippen molar-refractivity contribution in [2.24, 2.45) is 0 Å². The van der Waals surface area contributed by atoms with Crippen LogP contribution in [0.4, 0.5) is 0 Å². The van der Waals surface area contributed by atoms with Crippen LogP contribution >= 0.6 is 15.9 Å². The molecular weight excluding hydrogens is 302 g/mol. The lowest BCUT2D eigenvalue weighted by Crippen LogP contribution is -2.50. The predicted molar refractivity (Wildman–Crippen MR) is 82.4 cm³/mol. The van der Waals surface area contributed by atoms with Gasteiger partial charge in [-0.1, -0.05) is 18.2 Å². The minimum Gasteiger partial charge on any atom is -0.314 e. The van der Waals surface area contributed by atoms with E-state index in [1.165, 1.54) is 10.9 Å². The molecule has 0 saturated carbocycles. The number of nitrogens with one attached hydrogen (secondary N) is 1. The Labute approximate surface area is 122 Å². The second-order valence-electron chi connectivity index (χ2n) is 5.17. The van der Waals surface area contributed by atoms with Gasteiger partial charge in [0, 0.05) is 31.1 Å². The first kappa shape index (κ1) is 13.0. The zero-order valence-corrected chi connectivity index (χ0v) is 12.7. The summed E-state index contributed by atoms with van der Waals surface area (Å²) in [7, 11) is 2.20. The lowest BCUT2D eigenvalue weighted by atomic mass is 10.0. The number of piperazine rings is 1. The first-order valence-electron chi connectivity index (χ1n) is 6.69. The number of pyridine rings is 1. The van der Waals surface area contributed by atoms with Crippen molar-refractivity contribution in [3.63, 3.8) is 0 Å². The van der Waals surface area contributed by atoms with Crippen LogP contribution in [0.5, 0.6) is 0 Å². The predicted octanol–water partition coefficient (Wildman–Crippen LogP) is 2.44. The van der Waals surface area contributed by atoms with Gasteiger partial charge in [0.1, 0.15) is 4.60 Å².